The third kappa shape index (κ3) is 6.71. The number of nitrogens with zero attached hydrogens (tertiary/aromatic N) is 1. The Kier molecular flexibility index (Phi) is 7.56. The summed E-state index contributed by atoms with van der Waals surface area (Å²) in [6, 6.07) is 10.3. The van der Waals surface area contributed by atoms with Crippen LogP contribution in [-0.4, -0.2) is 48.7 Å². The first-order valence-corrected chi connectivity index (χ1v) is 8.82. The average Bonchev–Trinajstić information content (AvgIpc) is 2.55. The van der Waals surface area contributed by atoms with Gasteiger partial charge < -0.3 is 10.4 Å². The molecule has 2 rings (SSSR count). The molecular formula is C19H30N2O2. The molecule has 23 heavy (non-hydrogen) atoms. The largest absolute Gasteiger partial charge is 0.393 e. The molecule has 1 aliphatic carbocycles. The number of carbonyl (C=O) groups is 1. The van der Waals surface area contributed by atoms with Gasteiger partial charge >= 0.3 is 0 Å². The van der Waals surface area contributed by atoms with Crippen LogP contribution in [0.2, 0.25) is 0 Å². The molecule has 1 aliphatic rings. The van der Waals surface area contributed by atoms with E-state index in [1.165, 1.54) is 12.0 Å². The van der Waals surface area contributed by atoms with Gasteiger partial charge in [0.05, 0.1) is 12.6 Å². The van der Waals surface area contributed by atoms with E-state index in [1.807, 2.05) is 30.1 Å². The molecule has 0 saturated heterocycles. The van der Waals surface area contributed by atoms with Gasteiger partial charge in [-0.05, 0) is 44.2 Å². The van der Waals surface area contributed by atoms with E-state index in [2.05, 4.69) is 17.4 Å². The molecule has 2 atom stereocenters. The van der Waals surface area contributed by atoms with E-state index < -0.39 is 0 Å². The fraction of sp³-hybridized carbons (Fsp3) is 0.632. The van der Waals surface area contributed by atoms with Crippen LogP contribution in [0.3, 0.4) is 0 Å². The summed E-state index contributed by atoms with van der Waals surface area (Å²) in [5.74, 6) is 0.394. The fourth-order valence-electron chi connectivity index (χ4n) is 3.33. The Bertz CT molecular complexity index is 464. The Morgan fingerprint density at radius 2 is 2.00 bits per heavy atom. The van der Waals surface area contributed by atoms with Gasteiger partial charge in [0.1, 0.15) is 0 Å². The van der Waals surface area contributed by atoms with Gasteiger partial charge in [-0.25, -0.2) is 0 Å². The van der Waals surface area contributed by atoms with Crippen molar-refractivity contribution >= 4 is 5.91 Å². The summed E-state index contributed by atoms with van der Waals surface area (Å²) < 4.78 is 0. The van der Waals surface area contributed by atoms with Crippen LogP contribution in [0.15, 0.2) is 30.3 Å². The number of rotatable bonds is 8. The van der Waals surface area contributed by atoms with E-state index in [1.54, 1.807) is 0 Å². The Morgan fingerprint density at radius 3 is 2.74 bits per heavy atom. The molecule has 1 aromatic rings. The van der Waals surface area contributed by atoms with Gasteiger partial charge in [-0.2, -0.15) is 0 Å². The Morgan fingerprint density at radius 1 is 1.26 bits per heavy atom. The lowest BCUT2D eigenvalue weighted by atomic mass is 9.86. The molecule has 2 unspecified atom stereocenters. The van der Waals surface area contributed by atoms with Gasteiger partial charge in [-0.3, -0.25) is 9.69 Å². The molecule has 1 aromatic carbocycles. The van der Waals surface area contributed by atoms with Crippen molar-refractivity contribution in [3.8, 4) is 0 Å². The maximum absolute atomic E-state index is 12.0. The summed E-state index contributed by atoms with van der Waals surface area (Å²) in [5.41, 5.74) is 1.31. The number of nitrogens with one attached hydrogen (secondary N) is 1. The van der Waals surface area contributed by atoms with Crippen molar-refractivity contribution in [1.29, 1.82) is 0 Å². The van der Waals surface area contributed by atoms with E-state index in [4.69, 9.17) is 0 Å². The molecule has 2 N–H and O–H groups in total. The van der Waals surface area contributed by atoms with Gasteiger partial charge in [0, 0.05) is 13.1 Å². The summed E-state index contributed by atoms with van der Waals surface area (Å²) in [5, 5.41) is 13.0. The summed E-state index contributed by atoms with van der Waals surface area (Å²) in [6.07, 6.45) is 6.06. The first-order chi connectivity index (χ1) is 11.1. The van der Waals surface area contributed by atoms with Crippen LogP contribution < -0.4 is 5.32 Å². The molecule has 128 valence electrons. The highest BCUT2D eigenvalue weighted by atomic mass is 16.3. The molecule has 0 spiro atoms. The number of carbonyl (C=O) groups excluding carboxylic acids is 1. The minimum Gasteiger partial charge on any atom is -0.393 e. The molecule has 4 heteroatoms. The number of benzene rings is 1. The Balaban J connectivity index is 1.58. The first-order valence-electron chi connectivity index (χ1n) is 8.82. The third-order valence-corrected chi connectivity index (χ3v) is 4.64. The number of amides is 1. The van der Waals surface area contributed by atoms with E-state index in [0.29, 0.717) is 19.0 Å². The van der Waals surface area contributed by atoms with Crippen molar-refractivity contribution in [2.45, 2.75) is 44.6 Å². The molecule has 0 aliphatic heterocycles. The van der Waals surface area contributed by atoms with Crippen LogP contribution in [0.1, 0.15) is 37.7 Å². The van der Waals surface area contributed by atoms with Crippen LogP contribution in [-0.2, 0) is 11.2 Å². The second kappa shape index (κ2) is 9.68. The zero-order chi connectivity index (χ0) is 16.5. The normalized spacial score (nSPS) is 21.3. The third-order valence-electron chi connectivity index (χ3n) is 4.64. The van der Waals surface area contributed by atoms with Crippen molar-refractivity contribution < 1.29 is 9.90 Å². The van der Waals surface area contributed by atoms with Crippen LogP contribution in [0.5, 0.6) is 0 Å². The molecule has 0 bridgehead atoms. The second-order valence-corrected chi connectivity index (χ2v) is 6.75. The number of hydrogen-bond donors (Lipinski definition) is 2. The predicted octanol–water partition coefficient (Wildman–Crippen LogP) is 2.22. The fourth-order valence-corrected chi connectivity index (χ4v) is 3.33. The number of hydrogen-bond acceptors (Lipinski definition) is 3. The predicted molar refractivity (Wildman–Crippen MR) is 93.2 cm³/mol. The van der Waals surface area contributed by atoms with Gasteiger partial charge in [-0.15, -0.1) is 0 Å². The number of aryl methyl sites for hydroxylation is 1. The standard InChI is InChI=1S/C19H30N2O2/c1-21(14-17-11-5-6-12-18(17)22)15-19(23)20-13-7-10-16-8-3-2-4-9-16/h2-4,8-9,17-18,22H,5-7,10-15H2,1H3,(H,20,23). The maximum atomic E-state index is 12.0. The molecule has 0 radical (unpaired) electrons. The van der Waals surface area contributed by atoms with Crippen molar-refractivity contribution in [3.05, 3.63) is 35.9 Å². The van der Waals surface area contributed by atoms with E-state index in [0.717, 1.165) is 38.6 Å². The smallest absolute Gasteiger partial charge is 0.234 e. The first kappa shape index (κ1) is 18.0. The van der Waals surface area contributed by atoms with Crippen LogP contribution in [0, 0.1) is 5.92 Å². The molecule has 0 heterocycles. The highest BCUT2D eigenvalue weighted by molar-refractivity contribution is 5.77. The van der Waals surface area contributed by atoms with Gasteiger partial charge in [0.25, 0.3) is 0 Å². The van der Waals surface area contributed by atoms with Gasteiger partial charge in [0.15, 0.2) is 0 Å². The minimum atomic E-state index is -0.194. The van der Waals surface area contributed by atoms with E-state index in [9.17, 15) is 9.90 Å². The molecule has 1 saturated carbocycles. The average molecular weight is 318 g/mol. The highest BCUT2D eigenvalue weighted by Crippen LogP contribution is 2.24. The lowest BCUT2D eigenvalue weighted by molar-refractivity contribution is -0.122. The molecule has 1 amide bonds. The van der Waals surface area contributed by atoms with Gasteiger partial charge in [0.2, 0.25) is 5.91 Å². The molecule has 1 fully saturated rings. The second-order valence-electron chi connectivity index (χ2n) is 6.75. The molecule has 0 aromatic heterocycles. The summed E-state index contributed by atoms with van der Waals surface area (Å²) in [4.78, 5) is 14.0. The van der Waals surface area contributed by atoms with E-state index in [-0.39, 0.29) is 12.0 Å². The SMILES string of the molecule is CN(CC(=O)NCCCc1ccccc1)CC1CCCCC1O. The monoisotopic (exact) mass is 318 g/mol. The number of aliphatic hydroxyl groups excluding tert-OH is 1. The lowest BCUT2D eigenvalue weighted by Gasteiger charge is -2.30. The summed E-state index contributed by atoms with van der Waals surface area (Å²) in [6.45, 7) is 1.93. The number of likely N-dealkylation sites (N-methyl/N-ethyl adjacent to an activating group) is 1. The van der Waals surface area contributed by atoms with Crippen molar-refractivity contribution in [3.63, 3.8) is 0 Å². The van der Waals surface area contributed by atoms with Crippen LogP contribution in [0.4, 0.5) is 0 Å². The Hall–Kier alpha value is -1.39. The van der Waals surface area contributed by atoms with Crippen molar-refractivity contribution in [1.82, 2.24) is 10.2 Å². The maximum Gasteiger partial charge on any atom is 0.234 e. The minimum absolute atomic E-state index is 0.0749. The zero-order valence-corrected chi connectivity index (χ0v) is 14.2. The summed E-state index contributed by atoms with van der Waals surface area (Å²) in [7, 11) is 1.96. The number of aliphatic hydroxyl groups is 1. The van der Waals surface area contributed by atoms with Crippen molar-refractivity contribution in [2.24, 2.45) is 5.92 Å². The Labute approximate surface area is 139 Å². The van der Waals surface area contributed by atoms with E-state index >= 15 is 0 Å². The molecule has 4 nitrogen and oxygen atoms in total. The topological polar surface area (TPSA) is 52.6 Å². The van der Waals surface area contributed by atoms with Crippen LogP contribution >= 0.6 is 0 Å². The zero-order valence-electron chi connectivity index (χ0n) is 14.2. The highest BCUT2D eigenvalue weighted by Gasteiger charge is 2.24. The summed E-state index contributed by atoms with van der Waals surface area (Å²) >= 11 is 0. The van der Waals surface area contributed by atoms with Crippen molar-refractivity contribution in [2.75, 3.05) is 26.7 Å². The van der Waals surface area contributed by atoms with Crippen LogP contribution in [0.25, 0.3) is 0 Å². The molecular weight excluding hydrogens is 288 g/mol. The van der Waals surface area contributed by atoms with Gasteiger partial charge in [-0.1, -0.05) is 43.2 Å². The lowest BCUT2D eigenvalue weighted by Crippen LogP contribution is -2.40. The quantitative estimate of drug-likeness (QED) is 0.723.